The van der Waals surface area contributed by atoms with Crippen LogP contribution in [-0.2, 0) is 0 Å². The van der Waals surface area contributed by atoms with E-state index in [1.807, 2.05) is 0 Å². The third-order valence-electron chi connectivity index (χ3n) is 2.54. The van der Waals surface area contributed by atoms with Gasteiger partial charge in [0.05, 0.1) is 6.20 Å². The van der Waals surface area contributed by atoms with Gasteiger partial charge in [-0.1, -0.05) is 0 Å². The smallest absolute Gasteiger partial charge is 0.255 e. The molecule has 1 amide bonds. The number of benzene rings is 1. The fourth-order valence-electron chi connectivity index (χ4n) is 1.60. The van der Waals surface area contributed by atoms with Crippen LogP contribution in [0.1, 0.15) is 10.4 Å². The molecule has 1 aromatic carbocycles. The number of halogens is 2. The van der Waals surface area contributed by atoms with Crippen LogP contribution in [0.4, 0.5) is 20.3 Å². The van der Waals surface area contributed by atoms with Crippen LogP contribution in [0.25, 0.3) is 0 Å². The minimum absolute atomic E-state index is 0.0115. The third kappa shape index (κ3) is 2.87. The van der Waals surface area contributed by atoms with E-state index < -0.39 is 17.5 Å². The van der Waals surface area contributed by atoms with Crippen molar-refractivity contribution >= 4 is 17.4 Å². The largest absolute Gasteiger partial charge is 0.361 e. The van der Waals surface area contributed by atoms with Gasteiger partial charge in [-0.3, -0.25) is 4.79 Å². The lowest BCUT2D eigenvalue weighted by Gasteiger charge is -2.15. The molecule has 0 aliphatic rings. The van der Waals surface area contributed by atoms with Gasteiger partial charge in [-0.2, -0.15) is 0 Å². The van der Waals surface area contributed by atoms with Gasteiger partial charge < -0.3 is 10.2 Å². The molecule has 20 heavy (non-hydrogen) atoms. The maximum absolute atomic E-state index is 13.1. The van der Waals surface area contributed by atoms with Gasteiger partial charge in [0.15, 0.2) is 17.5 Å². The van der Waals surface area contributed by atoms with Crippen LogP contribution >= 0.6 is 0 Å². The topological polar surface area (TPSA) is 58.1 Å². The molecule has 0 aliphatic carbocycles. The average Bonchev–Trinajstić information content (AvgIpc) is 2.42. The summed E-state index contributed by atoms with van der Waals surface area (Å²) in [6.07, 6.45) is 2.78. The highest BCUT2D eigenvalue weighted by Crippen LogP contribution is 2.20. The molecule has 2 rings (SSSR count). The van der Waals surface area contributed by atoms with Crippen LogP contribution in [-0.4, -0.2) is 30.0 Å². The molecule has 0 saturated heterocycles. The molecular weight excluding hydrogens is 266 g/mol. The van der Waals surface area contributed by atoms with E-state index in [1.54, 1.807) is 19.0 Å². The number of anilines is 2. The van der Waals surface area contributed by atoms with Crippen molar-refractivity contribution in [2.45, 2.75) is 0 Å². The summed E-state index contributed by atoms with van der Waals surface area (Å²) in [6, 6.07) is 2.94. The quantitative estimate of drug-likeness (QED) is 0.933. The second kappa shape index (κ2) is 5.60. The molecule has 1 heterocycles. The second-order valence-electron chi connectivity index (χ2n) is 4.24. The summed E-state index contributed by atoms with van der Waals surface area (Å²) in [7, 11) is 3.52. The van der Waals surface area contributed by atoms with Crippen LogP contribution in [0, 0.1) is 11.6 Å². The highest BCUT2D eigenvalue weighted by molar-refractivity contribution is 6.05. The van der Waals surface area contributed by atoms with Gasteiger partial charge in [0.2, 0.25) is 0 Å². The van der Waals surface area contributed by atoms with Crippen LogP contribution in [0.2, 0.25) is 0 Å². The minimum Gasteiger partial charge on any atom is -0.361 e. The number of rotatable bonds is 3. The number of carbonyl (C=O) groups is 1. The average molecular weight is 278 g/mol. The Labute approximate surface area is 114 Å². The lowest BCUT2D eigenvalue weighted by Crippen LogP contribution is -2.18. The van der Waals surface area contributed by atoms with E-state index >= 15 is 0 Å². The molecular formula is C13H12F2N4O. The van der Waals surface area contributed by atoms with Crippen LogP contribution in [0.15, 0.2) is 30.7 Å². The van der Waals surface area contributed by atoms with E-state index in [9.17, 15) is 13.6 Å². The molecule has 5 nitrogen and oxygen atoms in total. The van der Waals surface area contributed by atoms with Crippen molar-refractivity contribution in [1.82, 2.24) is 9.97 Å². The molecule has 0 atom stereocenters. The van der Waals surface area contributed by atoms with Gasteiger partial charge in [-0.15, -0.1) is 0 Å². The number of nitrogens with one attached hydrogen (secondary N) is 1. The van der Waals surface area contributed by atoms with E-state index in [2.05, 4.69) is 15.3 Å². The number of aromatic nitrogens is 2. The van der Waals surface area contributed by atoms with Gasteiger partial charge in [0, 0.05) is 19.7 Å². The maximum atomic E-state index is 13.1. The summed E-state index contributed by atoms with van der Waals surface area (Å²) < 4.78 is 25.9. The highest BCUT2D eigenvalue weighted by atomic mass is 19.2. The van der Waals surface area contributed by atoms with E-state index in [4.69, 9.17) is 0 Å². The second-order valence-corrected chi connectivity index (χ2v) is 4.24. The number of nitrogens with zero attached hydrogens (tertiary/aromatic N) is 3. The Bertz CT molecular complexity index is 646. The van der Waals surface area contributed by atoms with Crippen LogP contribution < -0.4 is 10.2 Å². The molecule has 0 aliphatic heterocycles. The standard InChI is InChI=1S/C13H12F2N4O/c1-19(2)12-11(6-16-7-17-12)18-13(20)8-3-4-9(14)10(15)5-8/h3-7H,1-2H3,(H,18,20). The molecule has 1 aromatic heterocycles. The fourth-order valence-corrected chi connectivity index (χ4v) is 1.60. The minimum atomic E-state index is -1.07. The Kier molecular flexibility index (Phi) is 3.88. The van der Waals surface area contributed by atoms with Crippen molar-refractivity contribution in [1.29, 1.82) is 0 Å². The van der Waals surface area contributed by atoms with Crippen molar-refractivity contribution in [3.05, 3.63) is 47.9 Å². The zero-order valence-electron chi connectivity index (χ0n) is 10.9. The Morgan fingerprint density at radius 2 is 2.00 bits per heavy atom. The van der Waals surface area contributed by atoms with Crippen molar-refractivity contribution in [2.24, 2.45) is 0 Å². The molecule has 0 spiro atoms. The van der Waals surface area contributed by atoms with Crippen LogP contribution in [0.5, 0.6) is 0 Å². The number of hydrogen-bond donors (Lipinski definition) is 1. The number of hydrogen-bond acceptors (Lipinski definition) is 4. The molecule has 104 valence electrons. The first-order chi connectivity index (χ1) is 9.49. The van der Waals surface area contributed by atoms with E-state index in [0.29, 0.717) is 11.5 Å². The Morgan fingerprint density at radius 3 is 2.65 bits per heavy atom. The Morgan fingerprint density at radius 1 is 1.25 bits per heavy atom. The zero-order chi connectivity index (χ0) is 14.7. The van der Waals surface area contributed by atoms with Crippen molar-refractivity contribution in [2.75, 3.05) is 24.3 Å². The van der Waals surface area contributed by atoms with Gasteiger partial charge in [-0.25, -0.2) is 18.7 Å². The molecule has 0 unspecified atom stereocenters. The van der Waals surface area contributed by atoms with Gasteiger partial charge >= 0.3 is 0 Å². The monoisotopic (exact) mass is 278 g/mol. The van der Waals surface area contributed by atoms with E-state index in [-0.39, 0.29) is 5.56 Å². The molecule has 1 N–H and O–H groups in total. The zero-order valence-corrected chi connectivity index (χ0v) is 10.9. The summed E-state index contributed by atoms with van der Waals surface area (Å²) in [6.45, 7) is 0. The SMILES string of the molecule is CN(C)c1ncncc1NC(=O)c1ccc(F)c(F)c1. The first kappa shape index (κ1) is 13.9. The molecule has 0 fully saturated rings. The highest BCUT2D eigenvalue weighted by Gasteiger charge is 2.13. The molecule has 0 radical (unpaired) electrons. The molecule has 7 heteroatoms. The lowest BCUT2D eigenvalue weighted by atomic mass is 10.2. The molecule has 2 aromatic rings. The van der Waals surface area contributed by atoms with E-state index in [1.165, 1.54) is 18.6 Å². The van der Waals surface area contributed by atoms with Crippen molar-refractivity contribution in [3.63, 3.8) is 0 Å². The first-order valence-corrected chi connectivity index (χ1v) is 5.73. The van der Waals surface area contributed by atoms with Crippen molar-refractivity contribution < 1.29 is 13.6 Å². The fraction of sp³-hybridized carbons (Fsp3) is 0.154. The Hall–Kier alpha value is -2.57. The summed E-state index contributed by atoms with van der Waals surface area (Å²) >= 11 is 0. The van der Waals surface area contributed by atoms with Gasteiger partial charge in [0.25, 0.3) is 5.91 Å². The predicted octanol–water partition coefficient (Wildman–Crippen LogP) is 2.07. The van der Waals surface area contributed by atoms with Gasteiger partial charge in [-0.05, 0) is 18.2 Å². The number of carbonyl (C=O) groups excluding carboxylic acids is 1. The molecule has 0 bridgehead atoms. The number of amides is 1. The summed E-state index contributed by atoms with van der Waals surface area (Å²) in [5.41, 5.74) is 0.393. The summed E-state index contributed by atoms with van der Waals surface area (Å²) in [5.74, 6) is -2.13. The Balaban J connectivity index is 2.26. The van der Waals surface area contributed by atoms with Gasteiger partial charge in [0.1, 0.15) is 12.0 Å². The van der Waals surface area contributed by atoms with Crippen molar-refractivity contribution in [3.8, 4) is 0 Å². The third-order valence-corrected chi connectivity index (χ3v) is 2.54. The van der Waals surface area contributed by atoms with Crippen LogP contribution in [0.3, 0.4) is 0 Å². The first-order valence-electron chi connectivity index (χ1n) is 5.73. The van der Waals surface area contributed by atoms with E-state index in [0.717, 1.165) is 12.1 Å². The lowest BCUT2D eigenvalue weighted by molar-refractivity contribution is 0.102. The predicted molar refractivity (Wildman–Crippen MR) is 70.7 cm³/mol. The summed E-state index contributed by atoms with van der Waals surface area (Å²) in [5, 5.41) is 2.56. The molecule has 0 saturated carbocycles. The normalized spacial score (nSPS) is 10.2. The maximum Gasteiger partial charge on any atom is 0.255 e. The summed E-state index contributed by atoms with van der Waals surface area (Å²) in [4.78, 5) is 21.5.